The van der Waals surface area contributed by atoms with Gasteiger partial charge in [-0.3, -0.25) is 0 Å². The summed E-state index contributed by atoms with van der Waals surface area (Å²) in [7, 11) is 0. The molecule has 0 aromatic rings. The lowest BCUT2D eigenvalue weighted by atomic mass is 10.2. The Hall–Kier alpha value is -0.930. The molecule has 1 heterocycles. The summed E-state index contributed by atoms with van der Waals surface area (Å²) in [6.45, 7) is 0.224. The van der Waals surface area contributed by atoms with E-state index in [0.29, 0.717) is 0 Å². The van der Waals surface area contributed by atoms with Crippen molar-refractivity contribution < 1.29 is 13.2 Å². The van der Waals surface area contributed by atoms with E-state index in [9.17, 15) is 13.2 Å². The molecular formula is C6H5F3N. The molecule has 0 aromatic heterocycles. The fourth-order valence-corrected chi connectivity index (χ4v) is 0.605. The minimum absolute atomic E-state index is 0.224. The quantitative estimate of drug-likeness (QED) is 0.547. The Labute approximate surface area is 56.2 Å². The highest BCUT2D eigenvalue weighted by Gasteiger charge is 2.32. The summed E-state index contributed by atoms with van der Waals surface area (Å²) in [5, 5.41) is 2.57. The molecule has 0 saturated heterocycles. The fraction of sp³-hybridized carbons (Fsp3) is 0.333. The van der Waals surface area contributed by atoms with E-state index >= 15 is 0 Å². The molecule has 0 amide bonds. The van der Waals surface area contributed by atoms with Crippen LogP contribution in [-0.2, 0) is 0 Å². The van der Waals surface area contributed by atoms with E-state index in [1.54, 1.807) is 0 Å². The Bertz CT molecular complexity index is 178. The number of hydrogen-bond donors (Lipinski definition) is 1. The van der Waals surface area contributed by atoms with Crippen molar-refractivity contribution in [3.05, 3.63) is 23.9 Å². The Morgan fingerprint density at radius 3 is 2.50 bits per heavy atom. The number of halogens is 3. The summed E-state index contributed by atoms with van der Waals surface area (Å²) in [6, 6.07) is 0. The van der Waals surface area contributed by atoms with Crippen LogP contribution in [0.5, 0.6) is 0 Å². The number of hydrogen-bond acceptors (Lipinski definition) is 1. The lowest BCUT2D eigenvalue weighted by Crippen LogP contribution is -2.18. The zero-order valence-electron chi connectivity index (χ0n) is 5.00. The van der Waals surface area contributed by atoms with E-state index in [1.807, 2.05) is 0 Å². The molecule has 4 heteroatoms. The van der Waals surface area contributed by atoms with Crippen molar-refractivity contribution in [2.45, 2.75) is 6.18 Å². The van der Waals surface area contributed by atoms with Crippen LogP contribution in [0.15, 0.2) is 17.8 Å². The molecule has 0 atom stereocenters. The van der Waals surface area contributed by atoms with Crippen LogP contribution in [0.25, 0.3) is 0 Å². The van der Waals surface area contributed by atoms with Gasteiger partial charge in [0.25, 0.3) is 0 Å². The third-order valence-electron chi connectivity index (χ3n) is 1.06. The monoisotopic (exact) mass is 148 g/mol. The van der Waals surface area contributed by atoms with Crippen molar-refractivity contribution in [3.8, 4) is 0 Å². The van der Waals surface area contributed by atoms with E-state index in [1.165, 1.54) is 6.20 Å². The molecule has 1 rings (SSSR count). The van der Waals surface area contributed by atoms with Crippen molar-refractivity contribution >= 4 is 0 Å². The molecule has 0 aliphatic carbocycles. The third kappa shape index (κ3) is 1.52. The first-order valence-corrected chi connectivity index (χ1v) is 2.69. The summed E-state index contributed by atoms with van der Waals surface area (Å²) < 4.78 is 35.3. The smallest absolute Gasteiger partial charge is 0.387 e. The SMILES string of the molecule is FC(F)(F)C1=CCNC=[C]1. The molecular weight excluding hydrogens is 143 g/mol. The minimum atomic E-state index is -4.25. The molecule has 0 spiro atoms. The first-order valence-electron chi connectivity index (χ1n) is 2.69. The van der Waals surface area contributed by atoms with Crippen LogP contribution in [-0.4, -0.2) is 12.7 Å². The number of dihydropyridines is 1. The first-order chi connectivity index (χ1) is 4.61. The predicted molar refractivity (Wildman–Crippen MR) is 30.0 cm³/mol. The van der Waals surface area contributed by atoms with Gasteiger partial charge in [0.1, 0.15) is 0 Å². The average molecular weight is 148 g/mol. The highest BCUT2D eigenvalue weighted by Crippen LogP contribution is 2.26. The molecule has 55 valence electrons. The van der Waals surface area contributed by atoms with Gasteiger partial charge in [-0.2, -0.15) is 13.2 Å². The lowest BCUT2D eigenvalue weighted by molar-refractivity contribution is -0.0893. The first kappa shape index (κ1) is 7.18. The zero-order valence-corrected chi connectivity index (χ0v) is 5.00. The fourth-order valence-electron chi connectivity index (χ4n) is 0.605. The Balaban J connectivity index is 2.73. The standard InChI is InChI=1S/C6H5F3N/c7-6(8,9)5-1-3-10-4-2-5/h1,4,10H,3H2. The molecule has 1 radical (unpaired) electrons. The van der Waals surface area contributed by atoms with Crippen molar-refractivity contribution in [1.82, 2.24) is 5.32 Å². The zero-order chi connectivity index (χ0) is 7.61. The molecule has 0 fully saturated rings. The summed E-state index contributed by atoms with van der Waals surface area (Å²) in [5.41, 5.74) is -0.703. The van der Waals surface area contributed by atoms with Crippen LogP contribution in [0.4, 0.5) is 13.2 Å². The largest absolute Gasteiger partial charge is 0.416 e. The summed E-state index contributed by atoms with van der Waals surface area (Å²) in [6.07, 6.45) is 0.0327. The van der Waals surface area contributed by atoms with Gasteiger partial charge in [0.2, 0.25) is 0 Å². The third-order valence-corrected chi connectivity index (χ3v) is 1.06. The molecule has 0 bridgehead atoms. The number of alkyl halides is 3. The van der Waals surface area contributed by atoms with Crippen LogP contribution in [0.2, 0.25) is 0 Å². The van der Waals surface area contributed by atoms with Gasteiger partial charge in [0, 0.05) is 18.8 Å². The molecule has 10 heavy (non-hydrogen) atoms. The molecule has 1 nitrogen and oxygen atoms in total. The summed E-state index contributed by atoms with van der Waals surface area (Å²) >= 11 is 0. The van der Waals surface area contributed by atoms with Crippen molar-refractivity contribution in [3.63, 3.8) is 0 Å². The van der Waals surface area contributed by atoms with Crippen molar-refractivity contribution in [2.75, 3.05) is 6.54 Å². The maximum absolute atomic E-state index is 11.8. The topological polar surface area (TPSA) is 12.0 Å². The van der Waals surface area contributed by atoms with Crippen LogP contribution in [0.3, 0.4) is 0 Å². The molecule has 0 unspecified atom stereocenters. The lowest BCUT2D eigenvalue weighted by Gasteiger charge is -2.10. The van der Waals surface area contributed by atoms with E-state index in [0.717, 1.165) is 6.08 Å². The maximum Gasteiger partial charge on any atom is 0.416 e. The van der Waals surface area contributed by atoms with Gasteiger partial charge in [-0.25, -0.2) is 0 Å². The van der Waals surface area contributed by atoms with E-state index in [-0.39, 0.29) is 6.54 Å². The minimum Gasteiger partial charge on any atom is -0.387 e. The van der Waals surface area contributed by atoms with E-state index in [4.69, 9.17) is 0 Å². The highest BCUT2D eigenvalue weighted by atomic mass is 19.4. The summed E-state index contributed by atoms with van der Waals surface area (Å²) in [4.78, 5) is 0. The molecule has 1 N–H and O–H groups in total. The second-order valence-corrected chi connectivity index (χ2v) is 1.81. The Morgan fingerprint density at radius 2 is 2.20 bits per heavy atom. The number of allylic oxidation sites excluding steroid dienone is 2. The molecule has 1 aliphatic rings. The van der Waals surface area contributed by atoms with Gasteiger partial charge in [-0.15, -0.1) is 0 Å². The normalized spacial score (nSPS) is 18.1. The maximum atomic E-state index is 11.8. The second kappa shape index (κ2) is 2.36. The molecule has 0 aromatic carbocycles. The van der Waals surface area contributed by atoms with Crippen LogP contribution < -0.4 is 5.32 Å². The van der Waals surface area contributed by atoms with Gasteiger partial charge < -0.3 is 5.32 Å². The van der Waals surface area contributed by atoms with Gasteiger partial charge in [-0.1, -0.05) is 6.08 Å². The molecule has 0 saturated carbocycles. The van der Waals surface area contributed by atoms with Gasteiger partial charge in [-0.05, 0) is 0 Å². The van der Waals surface area contributed by atoms with Crippen molar-refractivity contribution in [1.29, 1.82) is 0 Å². The van der Waals surface area contributed by atoms with E-state index < -0.39 is 11.7 Å². The second-order valence-electron chi connectivity index (χ2n) is 1.81. The highest BCUT2D eigenvalue weighted by molar-refractivity contribution is 5.21. The average Bonchev–Trinajstić information content (AvgIpc) is 1.88. The van der Waals surface area contributed by atoms with Crippen LogP contribution in [0, 0.1) is 6.08 Å². The molecule has 1 aliphatic heterocycles. The Kier molecular flexibility index (Phi) is 1.70. The van der Waals surface area contributed by atoms with Crippen molar-refractivity contribution in [2.24, 2.45) is 0 Å². The van der Waals surface area contributed by atoms with Crippen LogP contribution >= 0.6 is 0 Å². The summed E-state index contributed by atoms with van der Waals surface area (Å²) in [5.74, 6) is 0. The van der Waals surface area contributed by atoms with Gasteiger partial charge >= 0.3 is 6.18 Å². The van der Waals surface area contributed by atoms with Crippen LogP contribution in [0.1, 0.15) is 0 Å². The van der Waals surface area contributed by atoms with Gasteiger partial charge in [0.15, 0.2) is 0 Å². The number of rotatable bonds is 0. The Morgan fingerprint density at radius 1 is 1.50 bits per heavy atom. The predicted octanol–water partition coefficient (Wildman–Crippen LogP) is 1.40. The van der Waals surface area contributed by atoms with E-state index in [2.05, 4.69) is 11.4 Å². The number of nitrogens with one attached hydrogen (secondary N) is 1. The van der Waals surface area contributed by atoms with Gasteiger partial charge in [0.05, 0.1) is 5.57 Å².